The van der Waals surface area contributed by atoms with Gasteiger partial charge in [-0.25, -0.2) is 4.39 Å². The fourth-order valence-electron chi connectivity index (χ4n) is 0.956. The molecule has 1 N–H and O–H groups in total. The van der Waals surface area contributed by atoms with Crippen LogP contribution >= 0.6 is 11.6 Å². The summed E-state index contributed by atoms with van der Waals surface area (Å²) in [4.78, 5) is -0.676. The van der Waals surface area contributed by atoms with Crippen molar-refractivity contribution in [2.45, 2.75) is 4.90 Å². The minimum absolute atomic E-state index is 0. The summed E-state index contributed by atoms with van der Waals surface area (Å²) in [5.74, 6) is -1.80. The third kappa shape index (κ3) is 4.27. The average Bonchev–Trinajstić information content (AvgIpc) is 2.14. The molecule has 0 saturated heterocycles. The molecule has 1 rings (SSSR count). The molecule has 0 aliphatic rings. The van der Waals surface area contributed by atoms with Gasteiger partial charge in [0.2, 0.25) is 0 Å². The molecule has 1 aromatic carbocycles. The molecule has 3 nitrogen and oxygen atoms in total. The average molecular weight is 297 g/mol. The van der Waals surface area contributed by atoms with Crippen molar-refractivity contribution >= 4 is 57.1 Å². The molecule has 0 aliphatic heterocycles. The van der Waals surface area contributed by atoms with Gasteiger partial charge in [0.05, 0.1) is 5.02 Å². The van der Waals surface area contributed by atoms with E-state index in [0.717, 1.165) is 12.1 Å². The minimum atomic E-state index is -4.55. The van der Waals surface area contributed by atoms with E-state index in [9.17, 15) is 21.6 Å². The first kappa shape index (κ1) is 16.9. The van der Waals surface area contributed by atoms with Crippen LogP contribution in [-0.2, 0) is 10.1 Å². The van der Waals surface area contributed by atoms with Crippen molar-refractivity contribution in [1.82, 2.24) is 0 Å². The first-order chi connectivity index (χ1) is 7.23. The van der Waals surface area contributed by atoms with Crippen molar-refractivity contribution in [2.75, 3.05) is 0 Å². The van der Waals surface area contributed by atoms with E-state index < -0.39 is 37.5 Å². The van der Waals surface area contributed by atoms with E-state index in [2.05, 4.69) is 0 Å². The Bertz CT molecular complexity index is 555. The number of halogens is 4. The molecule has 0 bridgehead atoms. The van der Waals surface area contributed by atoms with E-state index in [1.54, 1.807) is 0 Å². The molecule has 0 radical (unpaired) electrons. The Hall–Kier alpha value is -0.0500. The Balaban J connectivity index is 0.00000256. The van der Waals surface area contributed by atoms with Crippen LogP contribution in [0.25, 0.3) is 5.83 Å². The molecule has 0 atom stereocenters. The topological polar surface area (TPSA) is 54.4 Å². The van der Waals surface area contributed by atoms with Gasteiger partial charge in [-0.2, -0.15) is 17.2 Å². The van der Waals surface area contributed by atoms with Gasteiger partial charge in [0, 0.05) is 5.56 Å². The molecule has 90 valence electrons. The van der Waals surface area contributed by atoms with Crippen LogP contribution in [-0.4, -0.2) is 42.5 Å². The van der Waals surface area contributed by atoms with Gasteiger partial charge in [0.1, 0.15) is 4.90 Å². The summed E-state index contributed by atoms with van der Waals surface area (Å²) in [7, 11) is -4.55. The van der Waals surface area contributed by atoms with E-state index in [4.69, 9.17) is 16.2 Å². The molecule has 0 saturated carbocycles. The van der Waals surface area contributed by atoms with Crippen molar-refractivity contribution in [3.05, 3.63) is 34.9 Å². The molecule has 17 heavy (non-hydrogen) atoms. The van der Waals surface area contributed by atoms with Crippen LogP contribution in [0.4, 0.5) is 13.2 Å². The Kier molecular flexibility index (Phi) is 6.20. The standard InChI is InChI=1S/C8H4ClF3O3S.Na.H/c9-5-3-4(7(10)8(11)12)1-2-6(5)16(13,14)15;;/h1-3H,(H,13,14,15);;. The molecule has 0 unspecified atom stereocenters. The third-order valence-corrected chi connectivity index (χ3v) is 2.97. The van der Waals surface area contributed by atoms with Gasteiger partial charge in [-0.1, -0.05) is 17.7 Å². The SMILES string of the molecule is O=S(=O)(O)c1ccc(C(F)=C(F)F)cc1Cl.[NaH]. The Morgan fingerprint density at radius 1 is 1.24 bits per heavy atom. The van der Waals surface area contributed by atoms with Crippen LogP contribution < -0.4 is 0 Å². The maximum absolute atomic E-state index is 12.7. The van der Waals surface area contributed by atoms with Crippen molar-refractivity contribution in [3.63, 3.8) is 0 Å². The predicted molar refractivity (Wildman–Crippen MR) is 58.7 cm³/mol. The summed E-state index contributed by atoms with van der Waals surface area (Å²) in [5.41, 5.74) is -0.572. The van der Waals surface area contributed by atoms with Crippen molar-refractivity contribution in [1.29, 1.82) is 0 Å². The molecular formula is C8H5ClF3NaO3S. The summed E-state index contributed by atoms with van der Waals surface area (Å²) < 4.78 is 66.5. The van der Waals surface area contributed by atoms with E-state index in [-0.39, 0.29) is 29.6 Å². The number of hydrogen-bond acceptors (Lipinski definition) is 2. The summed E-state index contributed by atoms with van der Waals surface area (Å²) in [5, 5.41) is -0.545. The van der Waals surface area contributed by atoms with Gasteiger partial charge in [0.15, 0.2) is 5.83 Å². The third-order valence-electron chi connectivity index (χ3n) is 1.63. The van der Waals surface area contributed by atoms with E-state index in [1.165, 1.54) is 0 Å². The van der Waals surface area contributed by atoms with Crippen LogP contribution in [0.1, 0.15) is 5.56 Å². The Morgan fingerprint density at radius 3 is 2.12 bits per heavy atom. The van der Waals surface area contributed by atoms with Gasteiger partial charge < -0.3 is 0 Å². The number of rotatable bonds is 2. The van der Waals surface area contributed by atoms with Crippen LogP contribution in [0.2, 0.25) is 5.02 Å². The molecule has 0 heterocycles. The van der Waals surface area contributed by atoms with Crippen molar-refractivity contribution in [3.8, 4) is 0 Å². The summed E-state index contributed by atoms with van der Waals surface area (Å²) in [6.07, 6.45) is -2.55. The van der Waals surface area contributed by atoms with Gasteiger partial charge in [-0.15, -0.1) is 0 Å². The van der Waals surface area contributed by atoms with Gasteiger partial charge in [-0.3, -0.25) is 4.55 Å². The van der Waals surface area contributed by atoms with E-state index >= 15 is 0 Å². The summed E-state index contributed by atoms with van der Waals surface area (Å²) in [6, 6.07) is 2.18. The molecule has 1 aromatic rings. The monoisotopic (exact) mass is 296 g/mol. The molecule has 0 aromatic heterocycles. The van der Waals surface area contributed by atoms with Crippen LogP contribution in [0.15, 0.2) is 29.2 Å². The molecule has 9 heteroatoms. The van der Waals surface area contributed by atoms with E-state index in [0.29, 0.717) is 6.07 Å². The quantitative estimate of drug-likeness (QED) is 0.674. The summed E-state index contributed by atoms with van der Waals surface area (Å²) in [6.45, 7) is 0. The second kappa shape index (κ2) is 6.21. The molecule has 0 amide bonds. The van der Waals surface area contributed by atoms with Crippen LogP contribution in [0.5, 0.6) is 0 Å². The van der Waals surface area contributed by atoms with Crippen LogP contribution in [0, 0.1) is 0 Å². The number of benzene rings is 1. The fraction of sp³-hybridized carbons (Fsp3) is 0. The second-order valence-electron chi connectivity index (χ2n) is 2.69. The zero-order chi connectivity index (χ0) is 12.5. The molecule has 0 aliphatic carbocycles. The van der Waals surface area contributed by atoms with Crippen molar-refractivity contribution < 1.29 is 26.1 Å². The van der Waals surface area contributed by atoms with Crippen molar-refractivity contribution in [2.24, 2.45) is 0 Å². The summed E-state index contributed by atoms with van der Waals surface area (Å²) >= 11 is 5.39. The molecular weight excluding hydrogens is 292 g/mol. The predicted octanol–water partition coefficient (Wildman–Crippen LogP) is 2.47. The van der Waals surface area contributed by atoms with E-state index in [1.807, 2.05) is 0 Å². The molecule has 0 spiro atoms. The Morgan fingerprint density at radius 2 is 1.76 bits per heavy atom. The normalized spacial score (nSPS) is 10.6. The van der Waals surface area contributed by atoms with Gasteiger partial charge >= 0.3 is 35.6 Å². The fourth-order valence-corrected chi connectivity index (χ4v) is 1.97. The second-order valence-corrected chi connectivity index (χ2v) is 4.49. The Labute approximate surface area is 122 Å². The van der Waals surface area contributed by atoms with Gasteiger partial charge in [-0.05, 0) is 12.1 Å². The number of hydrogen-bond donors (Lipinski definition) is 1. The first-order valence-corrected chi connectivity index (χ1v) is 5.53. The maximum atomic E-state index is 12.7. The van der Waals surface area contributed by atoms with Crippen LogP contribution in [0.3, 0.4) is 0 Å². The van der Waals surface area contributed by atoms with Gasteiger partial charge in [0.25, 0.3) is 10.1 Å². The first-order valence-electron chi connectivity index (χ1n) is 3.71. The zero-order valence-electron chi connectivity index (χ0n) is 7.42. The zero-order valence-corrected chi connectivity index (χ0v) is 8.99. The molecule has 0 fully saturated rings.